The van der Waals surface area contributed by atoms with Crippen molar-refractivity contribution in [3.63, 3.8) is 0 Å². The van der Waals surface area contributed by atoms with E-state index in [1.807, 2.05) is 6.92 Å². The Morgan fingerprint density at radius 2 is 1.64 bits per heavy atom. The maximum Gasteiger partial charge on any atom is 0.264 e. The largest absolute Gasteiger partial charge is 0.477 e. The highest BCUT2D eigenvalue weighted by atomic mass is 32.2. The average Bonchev–Trinajstić information content (AvgIpc) is 2.82. The number of carbonyl (C=O) groups excluding carboxylic acids is 2. The van der Waals surface area contributed by atoms with Crippen molar-refractivity contribution in [2.24, 2.45) is 5.73 Å². The van der Waals surface area contributed by atoms with Gasteiger partial charge in [-0.05, 0) is 55.5 Å². The van der Waals surface area contributed by atoms with Crippen LogP contribution in [-0.2, 0) is 14.8 Å². The molecule has 1 aliphatic rings. The molecule has 33 heavy (non-hydrogen) atoms. The average molecular weight is 466 g/mol. The van der Waals surface area contributed by atoms with Crippen LogP contribution in [0, 0.1) is 6.92 Å². The Bertz CT molecular complexity index is 1300. The molecule has 2 amide bonds. The maximum absolute atomic E-state index is 13.2. The standard InChI is InChI=1S/C24H23N3O5S/c1-16-7-13-19(14-8-16)33(30,31)26(2)18-11-9-17(10-12-18)24(29)27-15-22(23(25)28)32-21-6-4-3-5-20(21)27/h3-14,22H,15H2,1-2H3,(H2,25,28). The van der Waals surface area contributed by atoms with E-state index in [0.717, 1.165) is 5.56 Å². The predicted octanol–water partition coefficient (Wildman–Crippen LogP) is 2.71. The minimum absolute atomic E-state index is 0.0192. The van der Waals surface area contributed by atoms with E-state index in [0.29, 0.717) is 22.7 Å². The van der Waals surface area contributed by atoms with Gasteiger partial charge < -0.3 is 15.4 Å². The number of rotatable bonds is 5. The molecule has 3 aromatic rings. The Kier molecular flexibility index (Phi) is 5.82. The van der Waals surface area contributed by atoms with E-state index < -0.39 is 22.0 Å². The molecule has 0 aromatic heterocycles. The molecular formula is C24H23N3O5S. The molecule has 4 rings (SSSR count). The summed E-state index contributed by atoms with van der Waals surface area (Å²) in [4.78, 5) is 26.6. The number of benzene rings is 3. The van der Waals surface area contributed by atoms with Crippen LogP contribution in [0.15, 0.2) is 77.7 Å². The second kappa shape index (κ2) is 8.59. The minimum Gasteiger partial charge on any atom is -0.477 e. The third kappa shape index (κ3) is 4.27. The number of anilines is 2. The number of sulfonamides is 1. The molecule has 170 valence electrons. The summed E-state index contributed by atoms with van der Waals surface area (Å²) in [6, 6.07) is 19.7. The lowest BCUT2D eigenvalue weighted by Crippen LogP contribution is -2.49. The van der Waals surface area contributed by atoms with Gasteiger partial charge in [0, 0.05) is 12.6 Å². The Morgan fingerprint density at radius 1 is 1.00 bits per heavy atom. The number of primary amides is 1. The highest BCUT2D eigenvalue weighted by Crippen LogP contribution is 2.34. The summed E-state index contributed by atoms with van der Waals surface area (Å²) in [5, 5.41) is 0. The summed E-state index contributed by atoms with van der Waals surface area (Å²) in [6.45, 7) is 1.86. The van der Waals surface area contributed by atoms with Crippen molar-refractivity contribution in [2.45, 2.75) is 17.9 Å². The van der Waals surface area contributed by atoms with Crippen molar-refractivity contribution >= 4 is 33.2 Å². The van der Waals surface area contributed by atoms with E-state index in [1.54, 1.807) is 72.8 Å². The smallest absolute Gasteiger partial charge is 0.264 e. The monoisotopic (exact) mass is 465 g/mol. The van der Waals surface area contributed by atoms with Crippen LogP contribution < -0.4 is 19.7 Å². The van der Waals surface area contributed by atoms with Crippen molar-refractivity contribution < 1.29 is 22.7 Å². The lowest BCUT2D eigenvalue weighted by atomic mass is 10.1. The van der Waals surface area contributed by atoms with Crippen LogP contribution in [0.25, 0.3) is 0 Å². The molecule has 1 aliphatic heterocycles. The molecule has 0 aliphatic carbocycles. The fraction of sp³-hybridized carbons (Fsp3) is 0.167. The van der Waals surface area contributed by atoms with Gasteiger partial charge in [-0.1, -0.05) is 29.8 Å². The number of hydrogen-bond acceptors (Lipinski definition) is 5. The topological polar surface area (TPSA) is 110 Å². The summed E-state index contributed by atoms with van der Waals surface area (Å²) in [7, 11) is -2.29. The SMILES string of the molecule is Cc1ccc(S(=O)(=O)N(C)c2ccc(C(=O)N3CC(C(N)=O)Oc4ccccc43)cc2)cc1. The number of nitrogens with two attached hydrogens (primary N) is 1. The quantitative estimate of drug-likeness (QED) is 0.623. The molecule has 0 fully saturated rings. The molecule has 0 saturated carbocycles. The number of aryl methyl sites for hydroxylation is 1. The molecule has 8 nitrogen and oxygen atoms in total. The van der Waals surface area contributed by atoms with Gasteiger partial charge in [0.05, 0.1) is 22.8 Å². The van der Waals surface area contributed by atoms with E-state index in [2.05, 4.69) is 0 Å². The molecule has 0 saturated heterocycles. The normalized spacial score (nSPS) is 15.3. The van der Waals surface area contributed by atoms with Crippen molar-refractivity contribution in [1.82, 2.24) is 0 Å². The highest BCUT2D eigenvalue weighted by Gasteiger charge is 2.33. The van der Waals surface area contributed by atoms with Crippen LogP contribution in [-0.4, -0.2) is 39.9 Å². The van der Waals surface area contributed by atoms with Gasteiger partial charge in [0.15, 0.2) is 6.10 Å². The van der Waals surface area contributed by atoms with Gasteiger partial charge in [-0.3, -0.25) is 13.9 Å². The summed E-state index contributed by atoms with van der Waals surface area (Å²) < 4.78 is 32.7. The number of amides is 2. The first-order valence-corrected chi connectivity index (χ1v) is 11.6. The molecule has 3 aromatic carbocycles. The lowest BCUT2D eigenvalue weighted by Gasteiger charge is -2.33. The van der Waals surface area contributed by atoms with Crippen molar-refractivity contribution in [2.75, 3.05) is 22.8 Å². The van der Waals surface area contributed by atoms with E-state index in [4.69, 9.17) is 10.5 Å². The molecule has 1 unspecified atom stereocenters. The zero-order valence-corrected chi connectivity index (χ0v) is 19.0. The van der Waals surface area contributed by atoms with Crippen LogP contribution in [0.2, 0.25) is 0 Å². The molecule has 2 N–H and O–H groups in total. The van der Waals surface area contributed by atoms with E-state index in [1.165, 1.54) is 16.3 Å². The fourth-order valence-electron chi connectivity index (χ4n) is 3.55. The molecule has 0 spiro atoms. The van der Waals surface area contributed by atoms with Crippen molar-refractivity contribution in [3.05, 3.63) is 83.9 Å². The van der Waals surface area contributed by atoms with E-state index >= 15 is 0 Å². The lowest BCUT2D eigenvalue weighted by molar-refractivity contribution is -0.124. The van der Waals surface area contributed by atoms with Crippen LogP contribution in [0.5, 0.6) is 5.75 Å². The van der Waals surface area contributed by atoms with Crippen molar-refractivity contribution in [1.29, 1.82) is 0 Å². The Hall–Kier alpha value is -3.85. The number of carbonyl (C=O) groups is 2. The van der Waals surface area contributed by atoms with E-state index in [9.17, 15) is 18.0 Å². The fourth-order valence-corrected chi connectivity index (χ4v) is 4.75. The molecule has 0 radical (unpaired) electrons. The summed E-state index contributed by atoms with van der Waals surface area (Å²) >= 11 is 0. The number of para-hydroxylation sites is 2. The predicted molar refractivity (Wildman–Crippen MR) is 125 cm³/mol. The number of nitrogens with zero attached hydrogens (tertiary/aromatic N) is 2. The highest BCUT2D eigenvalue weighted by molar-refractivity contribution is 7.92. The summed E-state index contributed by atoms with van der Waals surface area (Å²) in [6.07, 6.45) is -0.964. The minimum atomic E-state index is -3.75. The number of ether oxygens (including phenoxy) is 1. The molecule has 9 heteroatoms. The summed E-state index contributed by atoms with van der Waals surface area (Å²) in [5.41, 5.74) is 7.64. The maximum atomic E-state index is 13.2. The first-order chi connectivity index (χ1) is 15.7. The van der Waals surface area contributed by atoms with Gasteiger partial charge in [0.2, 0.25) is 0 Å². The van der Waals surface area contributed by atoms with Crippen molar-refractivity contribution in [3.8, 4) is 5.75 Å². The van der Waals surface area contributed by atoms with Crippen LogP contribution in [0.4, 0.5) is 11.4 Å². The van der Waals surface area contributed by atoms with E-state index in [-0.39, 0.29) is 17.3 Å². The zero-order chi connectivity index (χ0) is 23.8. The van der Waals surface area contributed by atoms with Gasteiger partial charge in [0.25, 0.3) is 21.8 Å². The molecule has 1 heterocycles. The zero-order valence-electron chi connectivity index (χ0n) is 18.1. The third-order valence-corrected chi connectivity index (χ3v) is 7.29. The number of hydrogen-bond donors (Lipinski definition) is 1. The Balaban J connectivity index is 1.60. The van der Waals surface area contributed by atoms with Gasteiger partial charge in [-0.25, -0.2) is 8.42 Å². The van der Waals surface area contributed by atoms with Crippen LogP contribution >= 0.6 is 0 Å². The second-order valence-electron chi connectivity index (χ2n) is 7.72. The molecule has 0 bridgehead atoms. The second-order valence-corrected chi connectivity index (χ2v) is 9.69. The Morgan fingerprint density at radius 3 is 2.27 bits per heavy atom. The molecular weight excluding hydrogens is 442 g/mol. The first kappa shape index (κ1) is 22.3. The van der Waals surface area contributed by atoms with Gasteiger partial charge in [-0.2, -0.15) is 0 Å². The van der Waals surface area contributed by atoms with Gasteiger partial charge >= 0.3 is 0 Å². The summed E-state index contributed by atoms with van der Waals surface area (Å²) in [5.74, 6) is -0.630. The Labute approximate surface area is 192 Å². The molecule has 1 atom stereocenters. The van der Waals surface area contributed by atoms with Gasteiger partial charge in [-0.15, -0.1) is 0 Å². The van der Waals surface area contributed by atoms with Crippen LogP contribution in [0.1, 0.15) is 15.9 Å². The van der Waals surface area contributed by atoms with Gasteiger partial charge in [0.1, 0.15) is 5.75 Å². The first-order valence-electron chi connectivity index (χ1n) is 10.2. The third-order valence-electron chi connectivity index (χ3n) is 5.49. The van der Waals surface area contributed by atoms with Crippen LogP contribution in [0.3, 0.4) is 0 Å². The number of fused-ring (bicyclic) bond motifs is 1.